The summed E-state index contributed by atoms with van der Waals surface area (Å²) in [6.07, 6.45) is 2.42. The lowest BCUT2D eigenvalue weighted by atomic mass is 10.1. The smallest absolute Gasteiger partial charge is 0.251 e. The molecule has 1 heterocycles. The van der Waals surface area contributed by atoms with E-state index in [1.165, 1.54) is 5.56 Å². The predicted octanol–water partition coefficient (Wildman–Crippen LogP) is 3.93. The molecule has 1 aromatic heterocycles. The fourth-order valence-corrected chi connectivity index (χ4v) is 3.05. The Labute approximate surface area is 206 Å². The zero-order valence-electron chi connectivity index (χ0n) is 18.6. The zero-order valence-corrected chi connectivity index (χ0v) is 21.0. The lowest BCUT2D eigenvalue weighted by molar-refractivity contribution is 0.0963. The van der Waals surface area contributed by atoms with Gasteiger partial charge >= 0.3 is 0 Å². The van der Waals surface area contributed by atoms with Crippen LogP contribution in [0.25, 0.3) is 11.5 Å². The van der Waals surface area contributed by atoms with Crippen molar-refractivity contribution in [2.45, 2.75) is 26.8 Å². The van der Waals surface area contributed by atoms with Crippen LogP contribution in [0.5, 0.6) is 0 Å². The van der Waals surface area contributed by atoms with E-state index in [1.807, 2.05) is 62.4 Å². The number of amides is 1. The third-order valence-corrected chi connectivity index (χ3v) is 4.72. The number of carbonyl (C=O) groups excluding carboxylic acids is 1. The van der Waals surface area contributed by atoms with Crippen LogP contribution in [0.3, 0.4) is 0 Å². The minimum Gasteiger partial charge on any atom is -0.444 e. The monoisotopic (exact) mass is 547 g/mol. The Hall–Kier alpha value is -2.88. The number of hydrogen-bond acceptors (Lipinski definition) is 4. The van der Waals surface area contributed by atoms with E-state index >= 15 is 0 Å². The summed E-state index contributed by atoms with van der Waals surface area (Å²) < 4.78 is 5.61. The van der Waals surface area contributed by atoms with Gasteiger partial charge in [0.25, 0.3) is 5.91 Å². The van der Waals surface area contributed by atoms with Crippen LogP contribution in [0, 0.1) is 6.92 Å². The molecule has 3 N–H and O–H groups in total. The van der Waals surface area contributed by atoms with E-state index in [1.54, 1.807) is 13.3 Å². The molecule has 0 bridgehead atoms. The highest BCUT2D eigenvalue weighted by atomic mass is 127. The summed E-state index contributed by atoms with van der Waals surface area (Å²) in [6, 6.07) is 15.7. The van der Waals surface area contributed by atoms with Crippen LogP contribution in [0.4, 0.5) is 0 Å². The maximum Gasteiger partial charge on any atom is 0.251 e. The maximum atomic E-state index is 11.8. The van der Waals surface area contributed by atoms with Crippen LogP contribution in [0.15, 0.2) is 64.2 Å². The Bertz CT molecular complexity index is 1030. The number of aromatic nitrogens is 1. The molecule has 170 valence electrons. The molecule has 0 unspecified atom stereocenters. The van der Waals surface area contributed by atoms with Gasteiger partial charge in [-0.25, -0.2) is 9.98 Å². The van der Waals surface area contributed by atoms with Gasteiger partial charge in [-0.1, -0.05) is 29.8 Å². The Kier molecular flexibility index (Phi) is 10.2. The van der Waals surface area contributed by atoms with Gasteiger partial charge in [0, 0.05) is 31.3 Å². The molecule has 0 fully saturated rings. The Morgan fingerprint density at radius 1 is 1.12 bits per heavy atom. The second kappa shape index (κ2) is 12.8. The van der Waals surface area contributed by atoms with Gasteiger partial charge in [-0.15, -0.1) is 24.0 Å². The Morgan fingerprint density at radius 3 is 2.62 bits per heavy atom. The van der Waals surface area contributed by atoms with E-state index < -0.39 is 0 Å². The van der Waals surface area contributed by atoms with E-state index in [4.69, 9.17) is 4.42 Å². The number of nitrogens with one attached hydrogen (secondary N) is 3. The molecule has 3 aromatic rings. The number of rotatable bonds is 8. The van der Waals surface area contributed by atoms with Crippen molar-refractivity contribution < 1.29 is 9.21 Å². The summed E-state index contributed by atoms with van der Waals surface area (Å²) in [7, 11) is 1.63. The molecule has 0 atom stereocenters. The largest absolute Gasteiger partial charge is 0.444 e. The van der Waals surface area contributed by atoms with Crippen LogP contribution in [-0.2, 0) is 13.0 Å². The van der Waals surface area contributed by atoms with Gasteiger partial charge < -0.3 is 20.4 Å². The highest BCUT2D eigenvalue weighted by Gasteiger charge is 2.07. The Morgan fingerprint density at radius 2 is 1.91 bits per heavy atom. The van der Waals surface area contributed by atoms with Crippen LogP contribution in [-0.4, -0.2) is 37.0 Å². The van der Waals surface area contributed by atoms with Gasteiger partial charge in [0.05, 0.1) is 6.54 Å². The topological polar surface area (TPSA) is 91.6 Å². The molecule has 0 aliphatic rings. The van der Waals surface area contributed by atoms with Crippen LogP contribution in [0.2, 0.25) is 0 Å². The van der Waals surface area contributed by atoms with E-state index in [0.717, 1.165) is 29.8 Å². The van der Waals surface area contributed by atoms with E-state index in [0.29, 0.717) is 30.5 Å². The van der Waals surface area contributed by atoms with Crippen LogP contribution < -0.4 is 16.0 Å². The fraction of sp³-hybridized carbons (Fsp3) is 0.292. The van der Waals surface area contributed by atoms with Crippen molar-refractivity contribution in [1.82, 2.24) is 20.9 Å². The average molecular weight is 547 g/mol. The highest BCUT2D eigenvalue weighted by molar-refractivity contribution is 14.0. The second-order valence-corrected chi connectivity index (χ2v) is 7.16. The predicted molar refractivity (Wildman–Crippen MR) is 138 cm³/mol. The number of aryl methyl sites for hydroxylation is 1. The minimum absolute atomic E-state index is 0. The first-order chi connectivity index (χ1) is 15.1. The van der Waals surface area contributed by atoms with Crippen LogP contribution in [0.1, 0.15) is 34.1 Å². The van der Waals surface area contributed by atoms with E-state index in [9.17, 15) is 4.79 Å². The summed E-state index contributed by atoms with van der Waals surface area (Å²) in [4.78, 5) is 20.9. The quantitative estimate of drug-likeness (QED) is 0.226. The van der Waals surface area contributed by atoms with Gasteiger partial charge in [0.15, 0.2) is 5.96 Å². The zero-order chi connectivity index (χ0) is 22.1. The van der Waals surface area contributed by atoms with Crippen LogP contribution >= 0.6 is 24.0 Å². The molecule has 0 aliphatic carbocycles. The fourth-order valence-electron chi connectivity index (χ4n) is 3.05. The molecular weight excluding hydrogens is 517 g/mol. The molecule has 0 spiro atoms. The maximum absolute atomic E-state index is 11.8. The molecular formula is C24H30IN5O2. The first-order valence-electron chi connectivity index (χ1n) is 10.4. The molecule has 0 aliphatic heterocycles. The molecule has 1 amide bonds. The lowest BCUT2D eigenvalue weighted by Gasteiger charge is -2.11. The van der Waals surface area contributed by atoms with Gasteiger partial charge in [-0.05, 0) is 50.1 Å². The number of benzene rings is 2. The van der Waals surface area contributed by atoms with Crippen molar-refractivity contribution in [3.8, 4) is 11.5 Å². The third kappa shape index (κ3) is 7.37. The molecule has 8 heteroatoms. The minimum atomic E-state index is -0.0812. The summed E-state index contributed by atoms with van der Waals surface area (Å²) >= 11 is 0. The van der Waals surface area contributed by atoms with E-state index in [-0.39, 0.29) is 29.9 Å². The standard InChI is InChI=1S/C24H29N5O2.HI/c1-4-26-24(27-13-12-18-6-5-7-20(14-18)22(30)25-3)28-15-21-16-31-23(29-21)19-10-8-17(2)9-11-19;/h5-11,14,16H,4,12-13,15H2,1-3H3,(H,25,30)(H2,26,27,28);1H. The lowest BCUT2D eigenvalue weighted by Crippen LogP contribution is -2.38. The highest BCUT2D eigenvalue weighted by Crippen LogP contribution is 2.19. The first-order valence-corrected chi connectivity index (χ1v) is 10.4. The van der Waals surface area contributed by atoms with Gasteiger partial charge in [0.1, 0.15) is 12.0 Å². The normalized spacial score (nSPS) is 10.9. The first kappa shape index (κ1) is 25.4. The van der Waals surface area contributed by atoms with Crippen molar-refractivity contribution in [2.75, 3.05) is 20.1 Å². The van der Waals surface area contributed by atoms with E-state index in [2.05, 4.69) is 25.9 Å². The van der Waals surface area contributed by atoms with Crippen molar-refractivity contribution in [3.05, 3.63) is 77.2 Å². The van der Waals surface area contributed by atoms with Gasteiger partial charge in [0.2, 0.25) is 5.89 Å². The number of guanidine groups is 1. The number of carbonyl (C=O) groups is 1. The third-order valence-electron chi connectivity index (χ3n) is 4.72. The second-order valence-electron chi connectivity index (χ2n) is 7.16. The average Bonchev–Trinajstić information content (AvgIpc) is 3.26. The number of nitrogens with zero attached hydrogens (tertiary/aromatic N) is 2. The summed E-state index contributed by atoms with van der Waals surface area (Å²) in [6.45, 7) is 5.93. The number of aliphatic imine (C=N–C) groups is 1. The summed E-state index contributed by atoms with van der Waals surface area (Å²) in [5.74, 6) is 1.23. The molecule has 0 radical (unpaired) electrons. The van der Waals surface area contributed by atoms with Crippen molar-refractivity contribution in [3.63, 3.8) is 0 Å². The summed E-state index contributed by atoms with van der Waals surface area (Å²) in [5.41, 5.74) is 4.66. The van der Waals surface area contributed by atoms with Gasteiger partial charge in [-0.3, -0.25) is 4.79 Å². The number of halogens is 1. The van der Waals surface area contributed by atoms with Crippen molar-refractivity contribution in [2.24, 2.45) is 4.99 Å². The SMILES string of the molecule is CCNC(=NCc1coc(-c2ccc(C)cc2)n1)NCCc1cccc(C(=O)NC)c1.I. The van der Waals surface area contributed by atoms with Crippen molar-refractivity contribution >= 4 is 35.8 Å². The molecule has 0 saturated heterocycles. The molecule has 3 rings (SSSR count). The van der Waals surface area contributed by atoms with Gasteiger partial charge in [-0.2, -0.15) is 0 Å². The molecule has 7 nitrogen and oxygen atoms in total. The number of hydrogen-bond donors (Lipinski definition) is 3. The molecule has 0 saturated carbocycles. The molecule has 2 aromatic carbocycles. The molecule has 32 heavy (non-hydrogen) atoms. The number of oxazole rings is 1. The summed E-state index contributed by atoms with van der Waals surface area (Å²) in [5, 5.41) is 9.21. The van der Waals surface area contributed by atoms with Crippen molar-refractivity contribution in [1.29, 1.82) is 0 Å². The Balaban J connectivity index is 0.00000363.